The summed E-state index contributed by atoms with van der Waals surface area (Å²) in [5.74, 6) is 1.93. The number of carbonyl (C=O) groups excluding carboxylic acids is 1. The lowest BCUT2D eigenvalue weighted by Gasteiger charge is -2.57. The molecule has 5 aliphatic rings. The molecular formula is C34H40F2N8O2. The van der Waals surface area contributed by atoms with Crippen molar-refractivity contribution in [3.8, 4) is 22.9 Å². The smallest absolute Gasteiger partial charge is 0.282 e. The number of amides is 1. The van der Waals surface area contributed by atoms with Crippen molar-refractivity contribution >= 4 is 11.7 Å². The van der Waals surface area contributed by atoms with E-state index in [0.29, 0.717) is 59.5 Å². The number of nitrogens with one attached hydrogen (secondary N) is 1. The monoisotopic (exact) mass is 630 g/mol. The minimum Gasteiger partial charge on any atom is -0.434 e. The van der Waals surface area contributed by atoms with Crippen molar-refractivity contribution in [2.24, 2.45) is 17.3 Å². The number of alkyl halides is 1. The SMILES string of the molecule is CC(C)[C@H](C1CC(NC(=O)C2(F)CC2)C1)N1CC2(CCN(c3ncnnc3Oc3ccc(F)cc3-c3nnccc3C3CC3)C2)C1. The zero-order valence-corrected chi connectivity index (χ0v) is 26.3. The molecule has 1 aromatic carbocycles. The van der Waals surface area contributed by atoms with Crippen molar-refractivity contribution in [2.45, 2.75) is 82.5 Å². The van der Waals surface area contributed by atoms with Gasteiger partial charge in [-0.3, -0.25) is 9.69 Å². The molecule has 242 valence electrons. The highest BCUT2D eigenvalue weighted by atomic mass is 19.1. The number of rotatable bonds is 10. The minimum absolute atomic E-state index is 0.0868. The van der Waals surface area contributed by atoms with Crippen LogP contribution in [0.4, 0.5) is 14.6 Å². The van der Waals surface area contributed by atoms with Crippen LogP contribution in [0.15, 0.2) is 36.8 Å². The number of carbonyl (C=O) groups is 1. The average molecular weight is 631 g/mol. The predicted molar refractivity (Wildman–Crippen MR) is 166 cm³/mol. The van der Waals surface area contributed by atoms with Gasteiger partial charge in [-0.05, 0) is 92.5 Å². The summed E-state index contributed by atoms with van der Waals surface area (Å²) in [5.41, 5.74) is 0.754. The standard InChI is InChI=1S/C34H40F2N8O2/c1-20(2)29(22-13-24(14-22)40-32(45)34(36)8-9-34)44-17-33(18-44)10-12-43(16-33)30-31(42-39-19-37-30)46-27-6-5-23(35)15-26(27)28-25(21-3-4-21)7-11-38-41-28/h5-7,11,15,19-22,24,29H,3-4,8-10,12-14,16-18H2,1-2H3,(H,40,45)/t22?,24?,29-/m1/s1. The van der Waals surface area contributed by atoms with Gasteiger partial charge in [0.25, 0.3) is 11.8 Å². The van der Waals surface area contributed by atoms with E-state index in [1.807, 2.05) is 6.07 Å². The summed E-state index contributed by atoms with van der Waals surface area (Å²) in [6.07, 6.45) is 8.84. The molecule has 5 fully saturated rings. The number of nitrogens with zero attached hydrogens (tertiary/aromatic N) is 7. The number of likely N-dealkylation sites (tertiary alicyclic amines) is 1. The molecule has 10 nitrogen and oxygen atoms in total. The van der Waals surface area contributed by atoms with Gasteiger partial charge in [-0.25, -0.2) is 13.8 Å². The Morgan fingerprint density at radius 1 is 1.07 bits per heavy atom. The Bertz CT molecular complexity index is 1630. The third-order valence-corrected chi connectivity index (χ3v) is 10.8. The fourth-order valence-electron chi connectivity index (χ4n) is 8.07. The zero-order valence-electron chi connectivity index (χ0n) is 26.3. The van der Waals surface area contributed by atoms with Gasteiger partial charge in [-0.1, -0.05) is 13.8 Å². The molecule has 1 amide bonds. The lowest BCUT2D eigenvalue weighted by atomic mass is 9.68. The molecule has 46 heavy (non-hydrogen) atoms. The highest BCUT2D eigenvalue weighted by Gasteiger charge is 2.55. The number of anilines is 1. The minimum atomic E-state index is -1.61. The van der Waals surface area contributed by atoms with Crippen LogP contribution in [0.1, 0.15) is 70.3 Å². The van der Waals surface area contributed by atoms with E-state index in [2.05, 4.69) is 54.3 Å². The number of hydrogen-bond donors (Lipinski definition) is 1. The van der Waals surface area contributed by atoms with E-state index >= 15 is 0 Å². The summed E-state index contributed by atoms with van der Waals surface area (Å²) in [4.78, 5) is 21.6. The van der Waals surface area contributed by atoms with Crippen molar-refractivity contribution in [1.29, 1.82) is 0 Å². The van der Waals surface area contributed by atoms with Gasteiger partial charge in [0.2, 0.25) is 0 Å². The molecule has 0 radical (unpaired) electrons. The average Bonchev–Trinajstić information content (AvgIpc) is 3.95. The predicted octanol–water partition coefficient (Wildman–Crippen LogP) is 5.07. The Morgan fingerprint density at radius 2 is 1.87 bits per heavy atom. The molecule has 12 heteroatoms. The Kier molecular flexibility index (Phi) is 7.19. The molecule has 3 aromatic rings. The van der Waals surface area contributed by atoms with Crippen LogP contribution in [0.2, 0.25) is 0 Å². The van der Waals surface area contributed by atoms with Crippen LogP contribution < -0.4 is 15.0 Å². The van der Waals surface area contributed by atoms with Crippen molar-refractivity contribution in [1.82, 2.24) is 35.6 Å². The zero-order chi connectivity index (χ0) is 31.6. The molecule has 1 atom stereocenters. The highest BCUT2D eigenvalue weighted by Crippen LogP contribution is 2.49. The number of hydrogen-bond acceptors (Lipinski definition) is 9. The van der Waals surface area contributed by atoms with Gasteiger partial charge >= 0.3 is 0 Å². The molecule has 4 heterocycles. The molecule has 2 aliphatic heterocycles. The van der Waals surface area contributed by atoms with E-state index in [-0.39, 0.29) is 23.2 Å². The van der Waals surface area contributed by atoms with Crippen LogP contribution >= 0.6 is 0 Å². The Balaban J connectivity index is 0.941. The first-order valence-corrected chi connectivity index (χ1v) is 16.7. The molecule has 3 saturated carbocycles. The highest BCUT2D eigenvalue weighted by molar-refractivity contribution is 5.88. The second kappa shape index (κ2) is 11.2. The van der Waals surface area contributed by atoms with E-state index in [1.165, 1.54) is 18.5 Å². The molecular weight excluding hydrogens is 590 g/mol. The summed E-state index contributed by atoms with van der Waals surface area (Å²) in [6, 6.07) is 6.90. The normalized spacial score (nSPS) is 25.2. The van der Waals surface area contributed by atoms with E-state index in [1.54, 1.807) is 12.3 Å². The first kappa shape index (κ1) is 29.6. The molecule has 2 saturated heterocycles. The number of aromatic nitrogens is 5. The summed E-state index contributed by atoms with van der Waals surface area (Å²) in [6.45, 7) is 8.21. The van der Waals surface area contributed by atoms with Crippen LogP contribution in [0, 0.1) is 23.1 Å². The first-order valence-electron chi connectivity index (χ1n) is 16.7. The number of benzene rings is 1. The molecule has 0 bridgehead atoms. The van der Waals surface area contributed by atoms with Crippen molar-refractivity contribution < 1.29 is 18.3 Å². The molecule has 2 aromatic heterocycles. The third-order valence-electron chi connectivity index (χ3n) is 10.8. The molecule has 1 N–H and O–H groups in total. The fraction of sp³-hybridized carbons (Fsp3) is 0.588. The molecule has 1 spiro atoms. The maximum Gasteiger partial charge on any atom is 0.282 e. The van der Waals surface area contributed by atoms with E-state index < -0.39 is 11.6 Å². The summed E-state index contributed by atoms with van der Waals surface area (Å²) in [7, 11) is 0. The largest absolute Gasteiger partial charge is 0.434 e. The van der Waals surface area contributed by atoms with Crippen LogP contribution in [0.3, 0.4) is 0 Å². The maximum absolute atomic E-state index is 14.5. The Hall–Kier alpha value is -3.80. The molecule has 3 aliphatic carbocycles. The molecule has 0 unspecified atom stereocenters. The van der Waals surface area contributed by atoms with Gasteiger partial charge in [0, 0.05) is 55.4 Å². The van der Waals surface area contributed by atoms with Gasteiger partial charge in [0.15, 0.2) is 11.5 Å². The van der Waals surface area contributed by atoms with Crippen LogP contribution in [0.25, 0.3) is 11.3 Å². The summed E-state index contributed by atoms with van der Waals surface area (Å²) < 4.78 is 35.0. The number of ether oxygens (including phenoxy) is 1. The van der Waals surface area contributed by atoms with Gasteiger partial charge < -0.3 is 15.0 Å². The van der Waals surface area contributed by atoms with E-state index in [4.69, 9.17) is 4.74 Å². The Morgan fingerprint density at radius 3 is 2.61 bits per heavy atom. The van der Waals surface area contributed by atoms with E-state index in [9.17, 15) is 13.6 Å². The van der Waals surface area contributed by atoms with Gasteiger partial charge in [-0.2, -0.15) is 10.2 Å². The van der Waals surface area contributed by atoms with Crippen molar-refractivity contribution in [3.05, 3.63) is 48.2 Å². The lowest BCUT2D eigenvalue weighted by Crippen LogP contribution is -2.65. The van der Waals surface area contributed by atoms with Gasteiger partial charge in [0.05, 0.1) is 0 Å². The third kappa shape index (κ3) is 5.48. The lowest BCUT2D eigenvalue weighted by molar-refractivity contribution is -0.130. The quantitative estimate of drug-likeness (QED) is 0.328. The first-order chi connectivity index (χ1) is 22.2. The van der Waals surface area contributed by atoms with Crippen LogP contribution in [-0.4, -0.2) is 80.1 Å². The maximum atomic E-state index is 14.5. The van der Waals surface area contributed by atoms with Gasteiger partial charge in [-0.15, -0.1) is 10.2 Å². The van der Waals surface area contributed by atoms with Crippen molar-refractivity contribution in [3.63, 3.8) is 0 Å². The van der Waals surface area contributed by atoms with E-state index in [0.717, 1.165) is 63.8 Å². The number of halogens is 2. The topological polar surface area (TPSA) is 109 Å². The van der Waals surface area contributed by atoms with Crippen LogP contribution in [0.5, 0.6) is 11.6 Å². The Labute approximate surface area is 267 Å². The van der Waals surface area contributed by atoms with Crippen molar-refractivity contribution in [2.75, 3.05) is 31.1 Å². The summed E-state index contributed by atoms with van der Waals surface area (Å²) in [5, 5.41) is 19.8. The van der Waals surface area contributed by atoms with Gasteiger partial charge in [0.1, 0.15) is 23.6 Å². The van der Waals surface area contributed by atoms with Crippen LogP contribution in [-0.2, 0) is 4.79 Å². The fourth-order valence-corrected chi connectivity index (χ4v) is 8.07. The molecule has 8 rings (SSSR count). The second-order valence-electron chi connectivity index (χ2n) is 14.6. The second-order valence-corrected chi connectivity index (χ2v) is 14.6. The summed E-state index contributed by atoms with van der Waals surface area (Å²) >= 11 is 0.